The van der Waals surface area contributed by atoms with Crippen LogP contribution < -0.4 is 0 Å². The van der Waals surface area contributed by atoms with Gasteiger partial charge in [0.25, 0.3) is 0 Å². The molecule has 0 aliphatic rings. The summed E-state index contributed by atoms with van der Waals surface area (Å²) < 4.78 is 0. The van der Waals surface area contributed by atoms with Crippen molar-refractivity contribution in [1.82, 2.24) is 9.97 Å². The number of hydrogen-bond donors (Lipinski definition) is 1. The number of aromatic amines is 1. The molecule has 2 aromatic rings. The van der Waals surface area contributed by atoms with E-state index in [-0.39, 0.29) is 4.83 Å². The predicted octanol–water partition coefficient (Wildman–Crippen LogP) is 4.40. The van der Waals surface area contributed by atoms with E-state index in [2.05, 4.69) is 25.9 Å². The van der Waals surface area contributed by atoms with Gasteiger partial charge in [-0.1, -0.05) is 45.2 Å². The molecule has 2 nitrogen and oxygen atoms in total. The van der Waals surface area contributed by atoms with Gasteiger partial charge in [0.05, 0.1) is 10.0 Å². The third-order valence-corrected chi connectivity index (χ3v) is 3.82. The highest BCUT2D eigenvalue weighted by atomic mass is 79.9. The summed E-state index contributed by atoms with van der Waals surface area (Å²) >= 11 is 15.4. The number of nitrogens with zero attached hydrogens (tertiary/aromatic N) is 1. The van der Waals surface area contributed by atoms with Crippen molar-refractivity contribution in [2.24, 2.45) is 0 Å². The quantitative estimate of drug-likeness (QED) is 0.835. The van der Waals surface area contributed by atoms with Crippen molar-refractivity contribution in [3.05, 3.63) is 52.0 Å². The highest BCUT2D eigenvalue weighted by molar-refractivity contribution is 9.09. The first-order valence-corrected chi connectivity index (χ1v) is 6.41. The van der Waals surface area contributed by atoms with Gasteiger partial charge in [-0.05, 0) is 17.7 Å². The Morgan fingerprint density at radius 3 is 2.75 bits per heavy atom. The van der Waals surface area contributed by atoms with Crippen molar-refractivity contribution < 1.29 is 0 Å². The second-order valence-electron chi connectivity index (χ2n) is 3.38. The molecular formula is C11H9BrCl2N2. The lowest BCUT2D eigenvalue weighted by Crippen LogP contribution is -1.97. The molecule has 0 saturated carbocycles. The van der Waals surface area contributed by atoms with Crippen molar-refractivity contribution in [3.63, 3.8) is 0 Å². The fraction of sp³-hybridized carbons (Fsp3) is 0.182. The molecule has 1 aromatic carbocycles. The van der Waals surface area contributed by atoms with E-state index in [1.807, 2.05) is 18.3 Å². The molecule has 0 amide bonds. The average Bonchev–Trinajstić information content (AvgIpc) is 2.74. The number of H-pyrrole nitrogens is 1. The lowest BCUT2D eigenvalue weighted by Gasteiger charge is -2.09. The summed E-state index contributed by atoms with van der Waals surface area (Å²) in [6.07, 6.45) is 4.33. The van der Waals surface area contributed by atoms with E-state index >= 15 is 0 Å². The molecule has 0 fully saturated rings. The van der Waals surface area contributed by atoms with Gasteiger partial charge in [-0.25, -0.2) is 4.98 Å². The van der Waals surface area contributed by atoms with Gasteiger partial charge in [0.15, 0.2) is 0 Å². The van der Waals surface area contributed by atoms with Gasteiger partial charge in [0.1, 0.15) is 5.82 Å². The largest absolute Gasteiger partial charge is 0.349 e. The molecule has 2 rings (SSSR count). The molecule has 0 radical (unpaired) electrons. The summed E-state index contributed by atoms with van der Waals surface area (Å²) in [6, 6.07) is 5.62. The van der Waals surface area contributed by atoms with Gasteiger partial charge >= 0.3 is 0 Å². The zero-order valence-electron chi connectivity index (χ0n) is 8.25. The number of rotatable bonds is 3. The minimum absolute atomic E-state index is 0.174. The molecule has 0 aliphatic carbocycles. The maximum Gasteiger partial charge on any atom is 0.107 e. The molecule has 0 bridgehead atoms. The summed E-state index contributed by atoms with van der Waals surface area (Å²) in [5.41, 5.74) is 1.09. The van der Waals surface area contributed by atoms with Crippen LogP contribution in [0.4, 0.5) is 0 Å². The Morgan fingerprint density at radius 2 is 2.12 bits per heavy atom. The highest BCUT2D eigenvalue weighted by Gasteiger charge is 2.11. The number of nitrogens with one attached hydrogen (secondary N) is 1. The van der Waals surface area contributed by atoms with Crippen LogP contribution in [0.25, 0.3) is 0 Å². The summed E-state index contributed by atoms with van der Waals surface area (Å²) in [5.74, 6) is 0.938. The molecule has 16 heavy (non-hydrogen) atoms. The molecule has 84 valence electrons. The van der Waals surface area contributed by atoms with Crippen LogP contribution in [0.3, 0.4) is 0 Å². The van der Waals surface area contributed by atoms with Gasteiger partial charge in [0.2, 0.25) is 0 Å². The lowest BCUT2D eigenvalue weighted by atomic mass is 10.1. The number of imidazole rings is 1. The standard InChI is InChI=1S/C11H9BrCl2N2/c12-8(6-11-15-3-4-16-11)7-1-2-9(13)10(14)5-7/h1-5,8H,6H2,(H,15,16). The van der Waals surface area contributed by atoms with Crippen molar-refractivity contribution in [3.8, 4) is 0 Å². The predicted molar refractivity (Wildman–Crippen MR) is 70.4 cm³/mol. The van der Waals surface area contributed by atoms with E-state index in [0.29, 0.717) is 10.0 Å². The van der Waals surface area contributed by atoms with Crippen LogP contribution in [0, 0.1) is 0 Å². The fourth-order valence-electron chi connectivity index (χ4n) is 1.40. The molecule has 0 saturated heterocycles. The molecule has 1 unspecified atom stereocenters. The Hall–Kier alpha value is -0.510. The van der Waals surface area contributed by atoms with Crippen molar-refractivity contribution in [1.29, 1.82) is 0 Å². The maximum atomic E-state index is 5.96. The van der Waals surface area contributed by atoms with Crippen LogP contribution >= 0.6 is 39.1 Å². The van der Waals surface area contributed by atoms with E-state index in [4.69, 9.17) is 23.2 Å². The van der Waals surface area contributed by atoms with E-state index in [0.717, 1.165) is 17.8 Å². The third-order valence-electron chi connectivity index (χ3n) is 2.23. The first-order valence-electron chi connectivity index (χ1n) is 4.74. The van der Waals surface area contributed by atoms with Crippen LogP contribution in [0.5, 0.6) is 0 Å². The van der Waals surface area contributed by atoms with Crippen LogP contribution in [0.1, 0.15) is 16.2 Å². The van der Waals surface area contributed by atoms with Crippen LogP contribution in [-0.2, 0) is 6.42 Å². The summed E-state index contributed by atoms with van der Waals surface area (Å²) in [5, 5.41) is 1.14. The zero-order valence-corrected chi connectivity index (χ0v) is 11.4. The van der Waals surface area contributed by atoms with Crippen LogP contribution in [-0.4, -0.2) is 9.97 Å². The second-order valence-corrected chi connectivity index (χ2v) is 5.30. The average molecular weight is 320 g/mol. The molecule has 1 heterocycles. The highest BCUT2D eigenvalue weighted by Crippen LogP contribution is 2.31. The van der Waals surface area contributed by atoms with Gasteiger partial charge < -0.3 is 4.98 Å². The smallest absolute Gasteiger partial charge is 0.107 e. The summed E-state index contributed by atoms with van der Waals surface area (Å²) in [7, 11) is 0. The van der Waals surface area contributed by atoms with E-state index < -0.39 is 0 Å². The molecule has 0 spiro atoms. The number of benzene rings is 1. The Balaban J connectivity index is 2.14. The minimum Gasteiger partial charge on any atom is -0.349 e. The Kier molecular flexibility index (Phi) is 3.90. The van der Waals surface area contributed by atoms with Crippen molar-refractivity contribution in [2.75, 3.05) is 0 Å². The number of halogens is 3. The third kappa shape index (κ3) is 2.78. The van der Waals surface area contributed by atoms with Crippen LogP contribution in [0.2, 0.25) is 10.0 Å². The molecule has 5 heteroatoms. The molecular weight excluding hydrogens is 311 g/mol. The first kappa shape index (κ1) is 12.0. The summed E-state index contributed by atoms with van der Waals surface area (Å²) in [4.78, 5) is 7.42. The Labute approximate surface area is 112 Å². The SMILES string of the molecule is Clc1ccc(C(Br)Cc2ncc[nH]2)cc1Cl. The zero-order chi connectivity index (χ0) is 11.5. The summed E-state index contributed by atoms with van der Waals surface area (Å²) in [6.45, 7) is 0. The monoisotopic (exact) mass is 318 g/mol. The van der Waals surface area contributed by atoms with E-state index in [1.165, 1.54) is 0 Å². The van der Waals surface area contributed by atoms with E-state index in [1.54, 1.807) is 12.3 Å². The maximum absolute atomic E-state index is 5.96. The molecule has 1 N–H and O–H groups in total. The van der Waals surface area contributed by atoms with E-state index in [9.17, 15) is 0 Å². The topological polar surface area (TPSA) is 28.7 Å². The Bertz CT molecular complexity index is 471. The second kappa shape index (κ2) is 5.21. The van der Waals surface area contributed by atoms with Gasteiger partial charge in [0, 0.05) is 23.6 Å². The first-order chi connectivity index (χ1) is 7.66. The Morgan fingerprint density at radius 1 is 1.31 bits per heavy atom. The van der Waals surface area contributed by atoms with Gasteiger partial charge in [-0.3, -0.25) is 0 Å². The van der Waals surface area contributed by atoms with Gasteiger partial charge in [-0.2, -0.15) is 0 Å². The molecule has 1 aromatic heterocycles. The lowest BCUT2D eigenvalue weighted by molar-refractivity contribution is 0.876. The normalized spacial score (nSPS) is 12.7. The number of alkyl halides is 1. The number of hydrogen-bond acceptors (Lipinski definition) is 1. The fourth-order valence-corrected chi connectivity index (χ4v) is 2.30. The van der Waals surface area contributed by atoms with Gasteiger partial charge in [-0.15, -0.1) is 0 Å². The van der Waals surface area contributed by atoms with Crippen molar-refractivity contribution >= 4 is 39.1 Å². The molecule has 0 aliphatic heterocycles. The van der Waals surface area contributed by atoms with Crippen LogP contribution in [0.15, 0.2) is 30.6 Å². The van der Waals surface area contributed by atoms with Crippen molar-refractivity contribution in [2.45, 2.75) is 11.2 Å². The molecule has 1 atom stereocenters. The number of aromatic nitrogens is 2. The minimum atomic E-state index is 0.174.